The average molecular weight is 425 g/mol. The first-order chi connectivity index (χ1) is 14.1. The maximum absolute atomic E-state index is 13.5. The highest BCUT2D eigenvalue weighted by Crippen LogP contribution is 2.29. The number of para-hydroxylation sites is 1. The number of hydrogen-bond donors (Lipinski definition) is 0. The van der Waals surface area contributed by atoms with Gasteiger partial charge < -0.3 is 9.30 Å². The molecule has 0 unspecified atom stereocenters. The summed E-state index contributed by atoms with van der Waals surface area (Å²) in [6, 6.07) is 13.6. The Balaban J connectivity index is 1.79. The lowest BCUT2D eigenvalue weighted by atomic mass is 10.0. The van der Waals surface area contributed by atoms with Crippen molar-refractivity contribution in [3.63, 3.8) is 0 Å². The second-order valence-corrected chi connectivity index (χ2v) is 9.21. The highest BCUT2D eigenvalue weighted by atomic mass is 35.5. The minimum absolute atomic E-state index is 0.0656. The third-order valence-electron chi connectivity index (χ3n) is 5.37. The number of rotatable bonds is 2. The fourth-order valence-corrected chi connectivity index (χ4v) is 4.16. The van der Waals surface area contributed by atoms with Crippen molar-refractivity contribution in [1.29, 1.82) is 0 Å². The van der Waals surface area contributed by atoms with E-state index in [-0.39, 0.29) is 12.1 Å². The molecule has 156 valence electrons. The van der Waals surface area contributed by atoms with Crippen molar-refractivity contribution in [2.75, 3.05) is 0 Å². The highest BCUT2D eigenvalue weighted by molar-refractivity contribution is 6.30. The van der Waals surface area contributed by atoms with Crippen molar-refractivity contribution >= 4 is 28.6 Å². The molecule has 0 saturated carbocycles. The first-order valence-electron chi connectivity index (χ1n) is 10.0. The zero-order valence-electron chi connectivity index (χ0n) is 17.7. The van der Waals surface area contributed by atoms with Crippen LogP contribution >= 0.6 is 11.6 Å². The summed E-state index contributed by atoms with van der Waals surface area (Å²) >= 11 is 6.10. The lowest BCUT2D eigenvalue weighted by Gasteiger charge is -2.24. The molecule has 30 heavy (non-hydrogen) atoms. The molecule has 2 aromatic carbocycles. The summed E-state index contributed by atoms with van der Waals surface area (Å²) in [4.78, 5) is 27.7. The van der Waals surface area contributed by atoms with Crippen LogP contribution in [-0.4, -0.2) is 21.2 Å². The number of hydrogen-bond acceptors (Lipinski definition) is 3. The number of halogens is 1. The van der Waals surface area contributed by atoms with E-state index in [1.54, 1.807) is 9.47 Å². The SMILES string of the molecule is Cc1cc(Cl)ccc1Cn1c(=O)c2c(c3ccccc31)CN(C(=O)OC(C)(C)C)C2. The lowest BCUT2D eigenvalue weighted by molar-refractivity contribution is 0.0242. The third kappa shape index (κ3) is 3.82. The largest absolute Gasteiger partial charge is 0.444 e. The number of carbonyl (C=O) groups is 1. The van der Waals surface area contributed by atoms with Gasteiger partial charge in [0.2, 0.25) is 0 Å². The van der Waals surface area contributed by atoms with Gasteiger partial charge in [0.15, 0.2) is 0 Å². The molecule has 1 amide bonds. The molecule has 4 rings (SSSR count). The van der Waals surface area contributed by atoms with Gasteiger partial charge in [-0.2, -0.15) is 0 Å². The molecule has 0 radical (unpaired) electrons. The average Bonchev–Trinajstić information content (AvgIpc) is 3.11. The number of nitrogens with zero attached hydrogens (tertiary/aromatic N) is 2. The van der Waals surface area contributed by atoms with Gasteiger partial charge in [0.1, 0.15) is 5.60 Å². The fraction of sp³-hybridized carbons (Fsp3) is 0.333. The molecule has 0 spiro atoms. The van der Waals surface area contributed by atoms with Crippen molar-refractivity contribution in [2.45, 2.75) is 52.9 Å². The van der Waals surface area contributed by atoms with E-state index >= 15 is 0 Å². The monoisotopic (exact) mass is 424 g/mol. The molecule has 0 aliphatic carbocycles. The molecule has 2 heterocycles. The van der Waals surface area contributed by atoms with Gasteiger partial charge in [0.05, 0.1) is 25.2 Å². The summed E-state index contributed by atoms with van der Waals surface area (Å²) in [7, 11) is 0. The van der Waals surface area contributed by atoms with Crippen molar-refractivity contribution in [1.82, 2.24) is 9.47 Å². The summed E-state index contributed by atoms with van der Waals surface area (Å²) in [6.07, 6.45) is -0.401. The van der Waals surface area contributed by atoms with Gasteiger partial charge in [0, 0.05) is 16.0 Å². The van der Waals surface area contributed by atoms with Crippen molar-refractivity contribution in [3.8, 4) is 0 Å². The van der Waals surface area contributed by atoms with Crippen LogP contribution in [-0.2, 0) is 24.4 Å². The first-order valence-corrected chi connectivity index (χ1v) is 10.4. The molecule has 3 aromatic rings. The predicted molar refractivity (Wildman–Crippen MR) is 119 cm³/mol. The van der Waals surface area contributed by atoms with Crippen LogP contribution in [0, 0.1) is 6.92 Å². The zero-order chi connectivity index (χ0) is 21.6. The quantitative estimate of drug-likeness (QED) is 0.563. The van der Waals surface area contributed by atoms with E-state index in [1.807, 2.05) is 70.2 Å². The van der Waals surface area contributed by atoms with E-state index in [4.69, 9.17) is 16.3 Å². The Kier molecular flexibility index (Phi) is 5.10. The topological polar surface area (TPSA) is 51.5 Å². The highest BCUT2D eigenvalue weighted by Gasteiger charge is 2.31. The van der Waals surface area contributed by atoms with Crippen LogP contribution in [0.25, 0.3) is 10.9 Å². The maximum atomic E-state index is 13.5. The molecule has 0 bridgehead atoms. The summed E-state index contributed by atoms with van der Waals surface area (Å²) in [6.45, 7) is 8.59. The van der Waals surface area contributed by atoms with Gasteiger partial charge in [-0.1, -0.05) is 35.9 Å². The maximum Gasteiger partial charge on any atom is 0.410 e. The minimum Gasteiger partial charge on any atom is -0.444 e. The van der Waals surface area contributed by atoms with Crippen LogP contribution in [0.15, 0.2) is 47.3 Å². The van der Waals surface area contributed by atoms with Crippen LogP contribution in [0.3, 0.4) is 0 Å². The van der Waals surface area contributed by atoms with Gasteiger partial charge in [-0.3, -0.25) is 9.69 Å². The molecule has 0 atom stereocenters. The Bertz CT molecular complexity index is 1210. The van der Waals surface area contributed by atoms with Crippen LogP contribution in [0.5, 0.6) is 0 Å². The Labute approximate surface area is 180 Å². The van der Waals surface area contributed by atoms with E-state index < -0.39 is 11.7 Å². The summed E-state index contributed by atoms with van der Waals surface area (Å²) in [5, 5.41) is 1.67. The van der Waals surface area contributed by atoms with Gasteiger partial charge in [0.25, 0.3) is 5.56 Å². The molecule has 1 aromatic heterocycles. The number of ether oxygens (including phenoxy) is 1. The van der Waals surface area contributed by atoms with E-state index in [0.29, 0.717) is 23.7 Å². The molecular weight excluding hydrogens is 400 g/mol. The number of fused-ring (bicyclic) bond motifs is 3. The van der Waals surface area contributed by atoms with E-state index in [0.717, 1.165) is 27.6 Å². The molecular formula is C24H25ClN2O3. The Morgan fingerprint density at radius 2 is 1.80 bits per heavy atom. The predicted octanol–water partition coefficient (Wildman–Crippen LogP) is 5.26. The van der Waals surface area contributed by atoms with Crippen LogP contribution in [0.2, 0.25) is 5.02 Å². The molecule has 6 heteroatoms. The van der Waals surface area contributed by atoms with Gasteiger partial charge in [-0.05, 0) is 62.6 Å². The van der Waals surface area contributed by atoms with Crippen molar-refractivity contribution in [3.05, 3.63) is 80.1 Å². The number of amides is 1. The Hall–Kier alpha value is -2.79. The zero-order valence-corrected chi connectivity index (χ0v) is 18.4. The fourth-order valence-electron chi connectivity index (χ4n) is 3.93. The summed E-state index contributed by atoms with van der Waals surface area (Å²) < 4.78 is 7.32. The standard InChI is InChI=1S/C24H25ClN2O3/c1-15-11-17(25)10-9-16(15)12-27-21-8-6-5-7-18(21)19-13-26(14-20(19)22(27)28)23(29)30-24(2,3)4/h5-11H,12-14H2,1-4H3. The minimum atomic E-state index is -0.583. The molecule has 5 nitrogen and oxygen atoms in total. The Morgan fingerprint density at radius 1 is 1.10 bits per heavy atom. The first kappa shape index (κ1) is 20.5. The van der Waals surface area contributed by atoms with Gasteiger partial charge in [-0.15, -0.1) is 0 Å². The second kappa shape index (κ2) is 7.47. The smallest absolute Gasteiger partial charge is 0.410 e. The van der Waals surface area contributed by atoms with Crippen LogP contribution in [0.1, 0.15) is 43.0 Å². The lowest BCUT2D eigenvalue weighted by Crippen LogP contribution is -2.34. The van der Waals surface area contributed by atoms with E-state index in [9.17, 15) is 9.59 Å². The Morgan fingerprint density at radius 3 is 2.50 bits per heavy atom. The van der Waals surface area contributed by atoms with E-state index in [2.05, 4.69) is 0 Å². The number of benzene rings is 2. The van der Waals surface area contributed by atoms with Crippen LogP contribution < -0.4 is 5.56 Å². The third-order valence-corrected chi connectivity index (χ3v) is 5.61. The number of pyridine rings is 1. The van der Waals surface area contributed by atoms with Crippen LogP contribution in [0.4, 0.5) is 4.79 Å². The van der Waals surface area contributed by atoms with Gasteiger partial charge in [-0.25, -0.2) is 4.79 Å². The van der Waals surface area contributed by atoms with Crippen molar-refractivity contribution in [2.24, 2.45) is 0 Å². The number of aromatic nitrogens is 1. The molecule has 1 aliphatic heterocycles. The summed E-state index contributed by atoms with van der Waals surface area (Å²) in [5.74, 6) is 0. The molecule has 1 aliphatic rings. The normalized spacial score (nSPS) is 13.6. The van der Waals surface area contributed by atoms with Crippen molar-refractivity contribution < 1.29 is 9.53 Å². The second-order valence-electron chi connectivity index (χ2n) is 8.77. The summed E-state index contributed by atoms with van der Waals surface area (Å²) in [5.41, 5.74) is 3.85. The molecule has 0 saturated heterocycles. The number of carbonyl (C=O) groups excluding carboxylic acids is 1. The van der Waals surface area contributed by atoms with Gasteiger partial charge >= 0.3 is 6.09 Å². The number of aryl methyl sites for hydroxylation is 1. The molecule has 0 fully saturated rings. The molecule has 0 N–H and O–H groups in total. The van der Waals surface area contributed by atoms with E-state index in [1.165, 1.54) is 0 Å².